The maximum atomic E-state index is 11.5. The summed E-state index contributed by atoms with van der Waals surface area (Å²) in [6.07, 6.45) is 4.10. The number of sulfone groups is 1. The Morgan fingerprint density at radius 2 is 1.79 bits per heavy atom. The minimum atomic E-state index is -3.23. The van der Waals surface area contributed by atoms with Crippen LogP contribution in [0.25, 0.3) is 11.3 Å². The highest BCUT2D eigenvalue weighted by Crippen LogP contribution is 2.23. The summed E-state index contributed by atoms with van der Waals surface area (Å²) >= 11 is 0. The fourth-order valence-electron chi connectivity index (χ4n) is 2.04. The van der Waals surface area contributed by atoms with Gasteiger partial charge in [0.1, 0.15) is 12.0 Å². The van der Waals surface area contributed by atoms with E-state index in [0.717, 1.165) is 11.8 Å². The van der Waals surface area contributed by atoms with Gasteiger partial charge in [-0.2, -0.15) is 0 Å². The standard InChI is InChI=1S/C17H14N2O4S/c1-24(20,21)16-9-7-13(8-10-16)17-14(12-22-19-17)11-18-23-15-5-3-2-4-6-15/h2-12H,1H3/b18-11-. The summed E-state index contributed by atoms with van der Waals surface area (Å²) in [7, 11) is -3.23. The van der Waals surface area contributed by atoms with E-state index < -0.39 is 9.84 Å². The number of hydrogen-bond acceptors (Lipinski definition) is 6. The third-order valence-electron chi connectivity index (χ3n) is 3.25. The largest absolute Gasteiger partial charge is 0.363 e. The topological polar surface area (TPSA) is 81.8 Å². The second-order valence-corrected chi connectivity index (χ2v) is 7.07. The van der Waals surface area contributed by atoms with Gasteiger partial charge in [-0.05, 0) is 24.3 Å². The maximum absolute atomic E-state index is 11.5. The zero-order valence-electron chi connectivity index (χ0n) is 12.8. The van der Waals surface area contributed by atoms with Gasteiger partial charge in [-0.3, -0.25) is 0 Å². The molecule has 0 aliphatic carbocycles. The van der Waals surface area contributed by atoms with E-state index in [1.54, 1.807) is 24.3 Å². The zero-order chi connectivity index (χ0) is 17.0. The van der Waals surface area contributed by atoms with Crippen molar-refractivity contribution >= 4 is 16.1 Å². The summed E-state index contributed by atoms with van der Waals surface area (Å²) < 4.78 is 28.0. The van der Waals surface area contributed by atoms with Crippen LogP contribution in [0.3, 0.4) is 0 Å². The van der Waals surface area contributed by atoms with E-state index in [2.05, 4.69) is 10.3 Å². The molecule has 0 N–H and O–H groups in total. The van der Waals surface area contributed by atoms with Gasteiger partial charge in [0.2, 0.25) is 0 Å². The molecule has 6 nitrogen and oxygen atoms in total. The van der Waals surface area contributed by atoms with Crippen molar-refractivity contribution in [1.82, 2.24) is 5.16 Å². The lowest BCUT2D eigenvalue weighted by Gasteiger charge is -2.01. The highest BCUT2D eigenvalue weighted by Gasteiger charge is 2.11. The van der Waals surface area contributed by atoms with Crippen LogP contribution in [0.15, 0.2) is 75.4 Å². The van der Waals surface area contributed by atoms with Crippen LogP contribution in [0.5, 0.6) is 5.75 Å². The third kappa shape index (κ3) is 3.69. The molecule has 0 spiro atoms. The van der Waals surface area contributed by atoms with Gasteiger partial charge in [-0.25, -0.2) is 8.42 Å². The molecule has 0 aliphatic rings. The number of hydrogen-bond donors (Lipinski definition) is 0. The van der Waals surface area contributed by atoms with Crippen molar-refractivity contribution < 1.29 is 17.8 Å². The lowest BCUT2D eigenvalue weighted by molar-refractivity contribution is 0.344. The molecule has 1 aromatic heterocycles. The van der Waals surface area contributed by atoms with Crippen molar-refractivity contribution in [2.24, 2.45) is 5.16 Å². The quantitative estimate of drug-likeness (QED) is 0.525. The van der Waals surface area contributed by atoms with Crippen molar-refractivity contribution in [3.63, 3.8) is 0 Å². The van der Waals surface area contributed by atoms with E-state index in [4.69, 9.17) is 9.36 Å². The van der Waals surface area contributed by atoms with Crippen LogP contribution in [-0.4, -0.2) is 26.0 Å². The maximum Gasteiger partial charge on any atom is 0.175 e. The van der Waals surface area contributed by atoms with Gasteiger partial charge in [0.15, 0.2) is 15.6 Å². The molecule has 0 bridgehead atoms. The Morgan fingerprint density at radius 1 is 1.08 bits per heavy atom. The van der Waals surface area contributed by atoms with Gasteiger partial charge >= 0.3 is 0 Å². The summed E-state index contributed by atoms with van der Waals surface area (Å²) in [4.78, 5) is 5.50. The molecule has 1 heterocycles. The molecule has 3 rings (SSSR count). The Morgan fingerprint density at radius 3 is 2.46 bits per heavy atom. The van der Waals surface area contributed by atoms with Gasteiger partial charge in [0.25, 0.3) is 0 Å². The average Bonchev–Trinajstić information content (AvgIpc) is 3.04. The smallest absolute Gasteiger partial charge is 0.175 e. The Kier molecular flexibility index (Phi) is 4.43. The summed E-state index contributed by atoms with van der Waals surface area (Å²) in [5.41, 5.74) is 1.89. The van der Waals surface area contributed by atoms with Crippen LogP contribution in [0.1, 0.15) is 5.56 Å². The van der Waals surface area contributed by atoms with Crippen molar-refractivity contribution in [3.05, 3.63) is 66.4 Å². The summed E-state index contributed by atoms with van der Waals surface area (Å²) in [5, 5.41) is 7.84. The lowest BCUT2D eigenvalue weighted by atomic mass is 10.1. The zero-order valence-corrected chi connectivity index (χ0v) is 13.6. The van der Waals surface area contributed by atoms with E-state index in [1.807, 2.05) is 18.2 Å². The number of aromatic nitrogens is 1. The minimum Gasteiger partial charge on any atom is -0.363 e. The lowest BCUT2D eigenvalue weighted by Crippen LogP contribution is -1.96. The first-order chi connectivity index (χ1) is 11.5. The molecule has 7 heteroatoms. The van der Waals surface area contributed by atoms with Crippen LogP contribution >= 0.6 is 0 Å². The third-order valence-corrected chi connectivity index (χ3v) is 4.37. The van der Waals surface area contributed by atoms with E-state index >= 15 is 0 Å². The van der Waals surface area contributed by atoms with Gasteiger partial charge in [0.05, 0.1) is 16.7 Å². The van der Waals surface area contributed by atoms with E-state index in [0.29, 0.717) is 17.0 Å². The van der Waals surface area contributed by atoms with Crippen molar-refractivity contribution in [1.29, 1.82) is 0 Å². The number of rotatable bonds is 5. The van der Waals surface area contributed by atoms with Gasteiger partial charge in [-0.15, -0.1) is 0 Å². The van der Waals surface area contributed by atoms with E-state index in [9.17, 15) is 8.42 Å². The molecule has 0 fully saturated rings. The van der Waals surface area contributed by atoms with Crippen LogP contribution < -0.4 is 4.84 Å². The predicted octanol–water partition coefficient (Wildman–Crippen LogP) is 3.16. The molecule has 0 aliphatic heterocycles. The second-order valence-electron chi connectivity index (χ2n) is 5.05. The van der Waals surface area contributed by atoms with Gasteiger partial charge < -0.3 is 9.36 Å². The van der Waals surface area contributed by atoms with Crippen LogP contribution in [0.4, 0.5) is 0 Å². The molecule has 0 unspecified atom stereocenters. The molecule has 0 amide bonds. The molecule has 2 aromatic carbocycles. The van der Waals surface area contributed by atoms with Crippen molar-refractivity contribution in [2.75, 3.05) is 6.26 Å². The highest BCUT2D eigenvalue weighted by molar-refractivity contribution is 7.90. The first-order valence-corrected chi connectivity index (χ1v) is 8.93. The minimum absolute atomic E-state index is 0.248. The monoisotopic (exact) mass is 342 g/mol. The van der Waals surface area contributed by atoms with Gasteiger partial charge in [-0.1, -0.05) is 40.6 Å². The number of oxime groups is 1. The van der Waals surface area contributed by atoms with E-state index in [-0.39, 0.29) is 4.90 Å². The highest BCUT2D eigenvalue weighted by atomic mass is 32.2. The SMILES string of the molecule is CS(=O)(=O)c1ccc(-c2nocc2/C=N\Oc2ccccc2)cc1. The molecule has 0 atom stereocenters. The second kappa shape index (κ2) is 6.67. The van der Waals surface area contributed by atoms with Crippen LogP contribution in [-0.2, 0) is 9.84 Å². The molecular weight excluding hydrogens is 328 g/mol. The summed E-state index contributed by atoms with van der Waals surface area (Å²) in [6.45, 7) is 0. The molecule has 0 radical (unpaired) electrons. The van der Waals surface area contributed by atoms with Gasteiger partial charge in [0, 0.05) is 11.8 Å². The first-order valence-electron chi connectivity index (χ1n) is 7.04. The molecule has 3 aromatic rings. The molecule has 0 saturated carbocycles. The Bertz CT molecular complexity index is 946. The van der Waals surface area contributed by atoms with Crippen LogP contribution in [0.2, 0.25) is 0 Å². The van der Waals surface area contributed by atoms with E-state index in [1.165, 1.54) is 24.6 Å². The summed E-state index contributed by atoms with van der Waals surface area (Å²) in [6, 6.07) is 15.5. The fourth-order valence-corrected chi connectivity index (χ4v) is 2.67. The number of para-hydroxylation sites is 1. The Hall–Kier alpha value is -2.93. The van der Waals surface area contributed by atoms with Crippen LogP contribution in [0, 0.1) is 0 Å². The Balaban J connectivity index is 1.80. The fraction of sp³-hybridized carbons (Fsp3) is 0.0588. The molecule has 24 heavy (non-hydrogen) atoms. The summed E-state index contributed by atoms with van der Waals surface area (Å²) in [5.74, 6) is 0.615. The molecular formula is C17H14N2O4S. The Labute approximate surface area is 139 Å². The van der Waals surface area contributed by atoms with Crippen molar-refractivity contribution in [3.8, 4) is 17.0 Å². The predicted molar refractivity (Wildman–Crippen MR) is 89.7 cm³/mol. The van der Waals surface area contributed by atoms with Crippen molar-refractivity contribution in [2.45, 2.75) is 4.90 Å². The number of nitrogens with zero attached hydrogens (tertiary/aromatic N) is 2. The first kappa shape index (κ1) is 15.9. The molecule has 122 valence electrons. The molecule has 0 saturated heterocycles. The normalized spacial score (nSPS) is 11.7. The average molecular weight is 342 g/mol. The number of benzene rings is 2.